The van der Waals surface area contributed by atoms with Crippen molar-refractivity contribution in [2.75, 3.05) is 26.7 Å². The van der Waals surface area contributed by atoms with E-state index in [2.05, 4.69) is 17.0 Å². The molecule has 20 heavy (non-hydrogen) atoms. The maximum Gasteiger partial charge on any atom is 0.279 e. The van der Waals surface area contributed by atoms with E-state index in [0.717, 1.165) is 45.2 Å². The van der Waals surface area contributed by atoms with Gasteiger partial charge in [0.15, 0.2) is 0 Å². The molecular weight excluding hydrogens is 274 g/mol. The average molecular weight is 305 g/mol. The quantitative estimate of drug-likeness (QED) is 0.673. The predicted molar refractivity (Wildman–Crippen MR) is 84.0 cm³/mol. The van der Waals surface area contributed by atoms with E-state index in [-0.39, 0.29) is 6.04 Å². The molecule has 1 aliphatic carbocycles. The van der Waals surface area contributed by atoms with Crippen molar-refractivity contribution in [1.29, 1.82) is 0 Å². The Morgan fingerprint density at radius 3 is 2.30 bits per heavy atom. The minimum absolute atomic E-state index is 0.122. The molecule has 0 amide bonds. The Labute approximate surface area is 124 Å². The summed E-state index contributed by atoms with van der Waals surface area (Å²) in [6.07, 6.45) is 8.83. The summed E-state index contributed by atoms with van der Waals surface area (Å²) in [5.74, 6) is 0. The van der Waals surface area contributed by atoms with Crippen molar-refractivity contribution in [3.8, 4) is 0 Å². The first-order chi connectivity index (χ1) is 9.56. The largest absolute Gasteiger partial charge is 0.317 e. The van der Waals surface area contributed by atoms with E-state index >= 15 is 0 Å². The van der Waals surface area contributed by atoms with E-state index in [1.807, 2.05) is 0 Å². The van der Waals surface area contributed by atoms with Crippen LogP contribution in [0.4, 0.5) is 0 Å². The lowest BCUT2D eigenvalue weighted by atomic mass is 9.97. The molecule has 0 unspecified atom stereocenters. The molecule has 0 aromatic carbocycles. The van der Waals surface area contributed by atoms with Crippen LogP contribution in [0.25, 0.3) is 0 Å². The molecule has 1 saturated carbocycles. The van der Waals surface area contributed by atoms with Crippen LogP contribution < -0.4 is 10.0 Å². The molecule has 0 aromatic rings. The summed E-state index contributed by atoms with van der Waals surface area (Å²) in [7, 11) is -1.66. The molecule has 0 saturated heterocycles. The minimum atomic E-state index is -3.32. The van der Waals surface area contributed by atoms with Crippen LogP contribution in [-0.4, -0.2) is 45.4 Å². The summed E-state index contributed by atoms with van der Waals surface area (Å²) in [4.78, 5) is 0. The lowest BCUT2D eigenvalue weighted by Crippen LogP contribution is -2.44. The van der Waals surface area contributed by atoms with Crippen LogP contribution in [0, 0.1) is 0 Å². The third kappa shape index (κ3) is 7.02. The predicted octanol–water partition coefficient (Wildman–Crippen LogP) is 1.87. The van der Waals surface area contributed by atoms with Gasteiger partial charge >= 0.3 is 0 Å². The molecule has 6 heteroatoms. The molecule has 0 spiro atoms. The smallest absolute Gasteiger partial charge is 0.279 e. The summed E-state index contributed by atoms with van der Waals surface area (Å²) < 4.78 is 28.8. The molecule has 0 atom stereocenters. The average Bonchev–Trinajstić information content (AvgIpc) is 2.37. The van der Waals surface area contributed by atoms with E-state index in [9.17, 15) is 8.42 Å². The zero-order chi connectivity index (χ0) is 14.8. The van der Waals surface area contributed by atoms with Gasteiger partial charge in [-0.1, -0.05) is 39.0 Å². The first-order valence-corrected chi connectivity index (χ1v) is 9.44. The monoisotopic (exact) mass is 305 g/mol. The van der Waals surface area contributed by atoms with Crippen LogP contribution in [-0.2, 0) is 10.2 Å². The van der Waals surface area contributed by atoms with Crippen LogP contribution in [0.1, 0.15) is 58.3 Å². The first-order valence-electron chi connectivity index (χ1n) is 8.00. The molecule has 120 valence electrons. The summed E-state index contributed by atoms with van der Waals surface area (Å²) in [5.41, 5.74) is 0. The molecule has 1 rings (SSSR count). The van der Waals surface area contributed by atoms with Crippen LogP contribution in [0.3, 0.4) is 0 Å². The van der Waals surface area contributed by atoms with Crippen LogP contribution in [0.2, 0.25) is 0 Å². The standard InChI is InChI=1S/C14H31N3O2S/c1-3-15-12-9-13-17(2)20(18,19)16-14-10-7-5-4-6-8-11-14/h14-16H,3-13H2,1-2H3. The van der Waals surface area contributed by atoms with Gasteiger partial charge in [-0.3, -0.25) is 0 Å². The Balaban J connectivity index is 2.37. The van der Waals surface area contributed by atoms with Gasteiger partial charge < -0.3 is 5.32 Å². The fraction of sp³-hybridized carbons (Fsp3) is 1.00. The van der Waals surface area contributed by atoms with Gasteiger partial charge in [-0.2, -0.15) is 17.4 Å². The summed E-state index contributed by atoms with van der Waals surface area (Å²) in [5, 5.41) is 3.21. The molecule has 2 N–H and O–H groups in total. The maximum absolute atomic E-state index is 12.3. The lowest BCUT2D eigenvalue weighted by molar-refractivity contribution is 0.399. The lowest BCUT2D eigenvalue weighted by Gasteiger charge is -2.24. The van der Waals surface area contributed by atoms with Gasteiger partial charge in [-0.15, -0.1) is 0 Å². The second kappa shape index (κ2) is 9.71. The maximum atomic E-state index is 12.3. The van der Waals surface area contributed by atoms with Gasteiger partial charge in [-0.05, 0) is 32.4 Å². The van der Waals surface area contributed by atoms with Crippen molar-refractivity contribution in [3.05, 3.63) is 0 Å². The molecule has 1 aliphatic rings. The third-order valence-electron chi connectivity index (χ3n) is 3.91. The van der Waals surface area contributed by atoms with Crippen LogP contribution in [0.15, 0.2) is 0 Å². The molecule has 0 bridgehead atoms. The van der Waals surface area contributed by atoms with Crippen LogP contribution >= 0.6 is 0 Å². The van der Waals surface area contributed by atoms with E-state index < -0.39 is 10.2 Å². The van der Waals surface area contributed by atoms with Crippen molar-refractivity contribution >= 4 is 10.2 Å². The topological polar surface area (TPSA) is 61.4 Å². The fourth-order valence-electron chi connectivity index (χ4n) is 2.60. The fourth-order valence-corrected chi connectivity index (χ4v) is 3.80. The number of hydrogen-bond acceptors (Lipinski definition) is 3. The highest BCUT2D eigenvalue weighted by atomic mass is 32.2. The van der Waals surface area contributed by atoms with E-state index in [1.165, 1.54) is 23.6 Å². The van der Waals surface area contributed by atoms with Crippen molar-refractivity contribution in [3.63, 3.8) is 0 Å². The Morgan fingerprint density at radius 2 is 1.70 bits per heavy atom. The number of rotatable bonds is 8. The third-order valence-corrected chi connectivity index (χ3v) is 5.54. The molecular formula is C14H31N3O2S. The van der Waals surface area contributed by atoms with Crippen molar-refractivity contribution < 1.29 is 8.42 Å². The highest BCUT2D eigenvalue weighted by molar-refractivity contribution is 7.87. The molecule has 5 nitrogen and oxygen atoms in total. The normalized spacial score (nSPS) is 18.9. The number of nitrogens with one attached hydrogen (secondary N) is 2. The van der Waals surface area contributed by atoms with Gasteiger partial charge in [0.1, 0.15) is 0 Å². The second-order valence-corrected chi connectivity index (χ2v) is 7.50. The van der Waals surface area contributed by atoms with E-state index in [4.69, 9.17) is 0 Å². The zero-order valence-electron chi connectivity index (χ0n) is 13.0. The highest BCUT2D eigenvalue weighted by Gasteiger charge is 2.22. The first kappa shape index (κ1) is 17.9. The van der Waals surface area contributed by atoms with Gasteiger partial charge in [0.25, 0.3) is 10.2 Å². The SMILES string of the molecule is CCNCCCN(C)S(=O)(=O)NC1CCCCCCC1. The van der Waals surface area contributed by atoms with Crippen LogP contribution in [0.5, 0.6) is 0 Å². The second-order valence-electron chi connectivity index (χ2n) is 5.69. The van der Waals surface area contributed by atoms with Crippen molar-refractivity contribution in [2.24, 2.45) is 0 Å². The van der Waals surface area contributed by atoms with Gasteiger partial charge in [0, 0.05) is 19.6 Å². The Kier molecular flexibility index (Phi) is 8.68. The van der Waals surface area contributed by atoms with Gasteiger partial charge in [-0.25, -0.2) is 0 Å². The van der Waals surface area contributed by atoms with Gasteiger partial charge in [0.05, 0.1) is 0 Å². The Morgan fingerprint density at radius 1 is 1.10 bits per heavy atom. The Hall–Kier alpha value is -0.170. The number of nitrogens with zero attached hydrogens (tertiary/aromatic N) is 1. The summed E-state index contributed by atoms with van der Waals surface area (Å²) >= 11 is 0. The molecule has 0 aromatic heterocycles. The highest BCUT2D eigenvalue weighted by Crippen LogP contribution is 2.18. The van der Waals surface area contributed by atoms with Crippen molar-refractivity contribution in [2.45, 2.75) is 64.3 Å². The van der Waals surface area contributed by atoms with Crippen molar-refractivity contribution in [1.82, 2.24) is 14.3 Å². The zero-order valence-corrected chi connectivity index (χ0v) is 13.8. The molecule has 0 radical (unpaired) electrons. The minimum Gasteiger partial charge on any atom is -0.317 e. The van der Waals surface area contributed by atoms with Gasteiger partial charge in [0.2, 0.25) is 0 Å². The Bertz CT molecular complexity index is 338. The molecule has 1 fully saturated rings. The molecule has 0 heterocycles. The van der Waals surface area contributed by atoms with E-state index in [0.29, 0.717) is 6.54 Å². The summed E-state index contributed by atoms with van der Waals surface area (Å²) in [6, 6.07) is 0.122. The van der Waals surface area contributed by atoms with E-state index in [1.54, 1.807) is 7.05 Å². The summed E-state index contributed by atoms with van der Waals surface area (Å²) in [6.45, 7) is 4.41. The molecule has 0 aliphatic heterocycles. The number of hydrogen-bond donors (Lipinski definition) is 2.